The Morgan fingerprint density at radius 2 is 2.07 bits per heavy atom. The SMILES string of the molecule is CN1C[CH-]COCC1.Oc1cc(C(F)(F)F)ccc1-c1nn[c-]n2cccc12.[Au]. The van der Waals surface area contributed by atoms with Crippen LogP contribution in [0, 0.1) is 12.7 Å². The summed E-state index contributed by atoms with van der Waals surface area (Å²) in [6.07, 6.45) is 1.91. The normalized spacial score (nSPS) is 15.2. The molecule has 1 aliphatic heterocycles. The molecule has 0 saturated carbocycles. The number of hydrogen-bond acceptors (Lipinski definition) is 5. The minimum absolute atomic E-state index is 0. The van der Waals surface area contributed by atoms with Gasteiger partial charge in [0.2, 0.25) is 0 Å². The number of alkyl halides is 3. The second kappa shape index (κ2) is 10.2. The molecule has 1 fully saturated rings. The van der Waals surface area contributed by atoms with Crippen LogP contribution in [0.5, 0.6) is 5.75 Å². The van der Waals surface area contributed by atoms with E-state index in [1.807, 2.05) is 0 Å². The van der Waals surface area contributed by atoms with Gasteiger partial charge >= 0.3 is 6.18 Å². The molecule has 1 aliphatic rings. The zero-order valence-electron chi connectivity index (χ0n) is 15.4. The summed E-state index contributed by atoms with van der Waals surface area (Å²) in [6.45, 7) is 3.84. The maximum Gasteiger partial charge on any atom is 0.416 e. The van der Waals surface area contributed by atoms with Gasteiger partial charge in [-0.05, 0) is 30.8 Å². The molecule has 1 N–H and O–H groups in total. The van der Waals surface area contributed by atoms with Gasteiger partial charge in [-0.15, -0.1) is 18.7 Å². The largest absolute Gasteiger partial charge is 0.507 e. The summed E-state index contributed by atoms with van der Waals surface area (Å²) in [6, 6.07) is 6.17. The van der Waals surface area contributed by atoms with Gasteiger partial charge in [-0.1, -0.05) is 12.8 Å². The van der Waals surface area contributed by atoms with Gasteiger partial charge in [0.25, 0.3) is 0 Å². The molecule has 6 nitrogen and oxygen atoms in total. The number of fused-ring (bicyclic) bond motifs is 1. The maximum atomic E-state index is 12.6. The third-order valence-corrected chi connectivity index (χ3v) is 4.17. The molecule has 0 atom stereocenters. The van der Waals surface area contributed by atoms with Gasteiger partial charge in [-0.2, -0.15) is 18.3 Å². The van der Waals surface area contributed by atoms with E-state index in [1.165, 1.54) is 6.07 Å². The number of benzene rings is 1. The van der Waals surface area contributed by atoms with Crippen molar-refractivity contribution in [3.05, 3.63) is 54.8 Å². The molecule has 161 valence electrons. The summed E-state index contributed by atoms with van der Waals surface area (Å²) in [5, 5.41) is 17.3. The van der Waals surface area contributed by atoms with Crippen molar-refractivity contribution in [1.29, 1.82) is 0 Å². The monoisotopic (exact) mass is 589 g/mol. The predicted octanol–water partition coefficient (Wildman–Crippen LogP) is 3.07. The van der Waals surface area contributed by atoms with E-state index in [9.17, 15) is 18.3 Å². The molecule has 1 aromatic carbocycles. The van der Waals surface area contributed by atoms with Crippen LogP contribution >= 0.6 is 0 Å². The number of phenols is 1. The molecule has 1 saturated heterocycles. The Morgan fingerprint density at radius 3 is 2.79 bits per heavy atom. The van der Waals surface area contributed by atoms with Gasteiger partial charge < -0.3 is 19.1 Å². The van der Waals surface area contributed by atoms with E-state index in [1.54, 1.807) is 22.7 Å². The first-order chi connectivity index (χ1) is 13.4. The summed E-state index contributed by atoms with van der Waals surface area (Å²) in [5.74, 6) is -0.497. The summed E-state index contributed by atoms with van der Waals surface area (Å²) in [7, 11) is 2.10. The Bertz CT molecular complexity index is 925. The fourth-order valence-corrected chi connectivity index (χ4v) is 2.68. The molecule has 2 aromatic heterocycles. The fraction of sp³-hybridized carbons (Fsp3) is 0.316. The first-order valence-electron chi connectivity index (χ1n) is 8.56. The van der Waals surface area contributed by atoms with Crippen molar-refractivity contribution in [2.75, 3.05) is 33.4 Å². The Kier molecular flexibility index (Phi) is 8.24. The van der Waals surface area contributed by atoms with Crippen molar-refractivity contribution in [3.63, 3.8) is 0 Å². The van der Waals surface area contributed by atoms with Crippen molar-refractivity contribution >= 4 is 5.52 Å². The zero-order valence-corrected chi connectivity index (χ0v) is 17.6. The third kappa shape index (κ3) is 6.03. The Labute approximate surface area is 181 Å². The summed E-state index contributed by atoms with van der Waals surface area (Å²) < 4.78 is 44.4. The number of halogens is 3. The summed E-state index contributed by atoms with van der Waals surface area (Å²) >= 11 is 0. The van der Waals surface area contributed by atoms with Crippen LogP contribution in [0.4, 0.5) is 13.2 Å². The van der Waals surface area contributed by atoms with Crippen LogP contribution in [0.2, 0.25) is 0 Å². The standard InChI is InChI=1S/C13H7F3N3O.C6H12NO.Au/c14-13(15,16)8-3-4-9(11(20)6-8)12-10-2-1-5-19(10)7-17-18-12;1-7-3-2-5-8-6-4-7;/h1-6,20H;2H,3-6H2,1H3;/q2*-1;. The minimum Gasteiger partial charge on any atom is -0.507 e. The van der Waals surface area contributed by atoms with Gasteiger partial charge in [-0.3, -0.25) is 6.42 Å². The van der Waals surface area contributed by atoms with E-state index < -0.39 is 17.5 Å². The number of likely N-dealkylation sites (N-methyl/N-ethyl adjacent to an activating group) is 1. The van der Waals surface area contributed by atoms with E-state index in [-0.39, 0.29) is 27.9 Å². The van der Waals surface area contributed by atoms with Crippen LogP contribution in [-0.2, 0) is 33.3 Å². The molecule has 10 heteroatoms. The molecule has 3 heterocycles. The molecular weight excluding hydrogens is 570 g/mol. The van der Waals surface area contributed by atoms with Crippen LogP contribution in [-0.4, -0.2) is 58.0 Å². The molecule has 0 bridgehead atoms. The molecule has 3 aromatic rings. The molecular formula is C19H19AuF3N4O2-2. The van der Waals surface area contributed by atoms with Crippen LogP contribution in [0.1, 0.15) is 5.56 Å². The van der Waals surface area contributed by atoms with Crippen molar-refractivity contribution in [2.24, 2.45) is 0 Å². The number of phenolic OH excluding ortho intramolecular Hbond substituents is 1. The smallest absolute Gasteiger partial charge is 0.416 e. The Balaban J connectivity index is 0.000000283. The van der Waals surface area contributed by atoms with E-state index in [0.29, 0.717) is 17.3 Å². The van der Waals surface area contributed by atoms with Crippen LogP contribution in [0.25, 0.3) is 16.8 Å². The van der Waals surface area contributed by atoms with Crippen LogP contribution in [0.15, 0.2) is 36.5 Å². The molecule has 4 rings (SSSR count). The molecule has 29 heavy (non-hydrogen) atoms. The average Bonchev–Trinajstić information content (AvgIpc) is 3.01. The number of aromatic hydroxyl groups is 1. The van der Waals surface area contributed by atoms with Gasteiger partial charge in [-0.25, -0.2) is 5.10 Å². The maximum absolute atomic E-state index is 12.6. The summed E-state index contributed by atoms with van der Waals surface area (Å²) in [4.78, 5) is 2.24. The van der Waals surface area contributed by atoms with Crippen molar-refractivity contribution < 1.29 is 45.4 Å². The van der Waals surface area contributed by atoms with E-state index in [2.05, 4.69) is 34.9 Å². The topological polar surface area (TPSA) is 62.9 Å². The number of hydrogen-bond donors (Lipinski definition) is 1. The van der Waals surface area contributed by atoms with E-state index >= 15 is 0 Å². The van der Waals surface area contributed by atoms with Gasteiger partial charge in [0, 0.05) is 40.8 Å². The Morgan fingerprint density at radius 1 is 1.28 bits per heavy atom. The molecule has 0 unspecified atom stereocenters. The third-order valence-electron chi connectivity index (χ3n) is 4.17. The van der Waals surface area contributed by atoms with Crippen LogP contribution in [0.3, 0.4) is 0 Å². The van der Waals surface area contributed by atoms with Crippen LogP contribution < -0.4 is 0 Å². The second-order valence-corrected chi connectivity index (χ2v) is 6.27. The Hall–Kier alpha value is -1.91. The zero-order chi connectivity index (χ0) is 20.1. The van der Waals surface area contributed by atoms with Crippen molar-refractivity contribution in [2.45, 2.75) is 6.18 Å². The number of rotatable bonds is 1. The van der Waals surface area contributed by atoms with Gasteiger partial charge in [0.05, 0.1) is 17.9 Å². The first-order valence-corrected chi connectivity index (χ1v) is 8.56. The van der Waals surface area contributed by atoms with Crippen molar-refractivity contribution in [3.8, 4) is 17.0 Å². The quantitative estimate of drug-likeness (QED) is 0.350. The van der Waals surface area contributed by atoms with E-state index in [0.717, 1.165) is 32.4 Å². The minimum atomic E-state index is -4.50. The van der Waals surface area contributed by atoms with E-state index in [4.69, 9.17) is 4.74 Å². The predicted molar refractivity (Wildman–Crippen MR) is 96.5 cm³/mol. The second-order valence-electron chi connectivity index (χ2n) is 6.27. The molecule has 1 radical (unpaired) electrons. The van der Waals surface area contributed by atoms with Gasteiger partial charge in [0.15, 0.2) is 0 Å². The number of nitrogens with zero attached hydrogens (tertiary/aromatic N) is 4. The summed E-state index contributed by atoms with van der Waals surface area (Å²) in [5.41, 5.74) is 0.152. The van der Waals surface area contributed by atoms with Crippen molar-refractivity contribution in [1.82, 2.24) is 19.5 Å². The molecule has 0 amide bonds. The number of ether oxygens (including phenoxy) is 1. The van der Waals surface area contributed by atoms with Gasteiger partial charge in [0.1, 0.15) is 5.75 Å². The molecule has 0 spiro atoms. The first kappa shape index (κ1) is 23.4. The molecule has 0 aliphatic carbocycles. The average molecular weight is 589 g/mol. The fourth-order valence-electron chi connectivity index (χ4n) is 2.68. The number of aromatic nitrogens is 3.